The lowest BCUT2D eigenvalue weighted by Gasteiger charge is -2.32. The molecule has 2 fully saturated rings. The number of hydrogen-bond donors (Lipinski definition) is 2. The zero-order valence-electron chi connectivity index (χ0n) is 32.1. The number of carbonyl (C=O) groups is 2. The molecule has 0 radical (unpaired) electrons. The van der Waals surface area contributed by atoms with Crippen molar-refractivity contribution in [2.45, 2.75) is 76.2 Å². The molecule has 2 N–H and O–H groups in total. The number of alkyl carbamates (subject to hydrolysis) is 1. The number of benzene rings is 2. The van der Waals surface area contributed by atoms with Crippen molar-refractivity contribution in [3.8, 4) is 35.0 Å². The molecule has 0 spiro atoms. The van der Waals surface area contributed by atoms with Crippen LogP contribution in [0.3, 0.4) is 0 Å². The van der Waals surface area contributed by atoms with Crippen LogP contribution in [0.5, 0.6) is 11.8 Å². The second-order valence-corrected chi connectivity index (χ2v) is 16.8. The fourth-order valence-electron chi connectivity index (χ4n) is 7.98. The van der Waals surface area contributed by atoms with Gasteiger partial charge in [-0.3, -0.25) is 10.2 Å². The van der Waals surface area contributed by atoms with Gasteiger partial charge in [0.15, 0.2) is 11.6 Å². The maximum absolute atomic E-state index is 17.6. The number of ether oxygens (including phenoxy) is 4. The third-order valence-corrected chi connectivity index (χ3v) is 11.9. The molecular formula is C39H40ClF3N8O6S. The maximum Gasteiger partial charge on any atom is 0.412 e. The van der Waals surface area contributed by atoms with E-state index >= 15 is 8.78 Å². The summed E-state index contributed by atoms with van der Waals surface area (Å²) in [6.45, 7) is 6.06. The van der Waals surface area contributed by atoms with Gasteiger partial charge in [0.1, 0.15) is 53.2 Å². The van der Waals surface area contributed by atoms with E-state index in [-0.39, 0.29) is 117 Å². The third-order valence-electron chi connectivity index (χ3n) is 10.4. The lowest BCUT2D eigenvalue weighted by atomic mass is 9.95. The molecule has 7 rings (SSSR count). The minimum absolute atomic E-state index is 0.00472. The summed E-state index contributed by atoms with van der Waals surface area (Å²) >= 11 is 7.88. The Morgan fingerprint density at radius 2 is 1.98 bits per heavy atom. The Morgan fingerprint density at radius 1 is 1.19 bits per heavy atom. The number of thiophene rings is 1. The number of nitriles is 2. The number of aromatic nitrogens is 2. The average Bonchev–Trinajstić information content (AvgIpc) is 3.79. The molecule has 4 aromatic rings. The van der Waals surface area contributed by atoms with Crippen molar-refractivity contribution in [1.29, 1.82) is 10.5 Å². The molecule has 19 heteroatoms. The number of alkyl halides is 1. The molecule has 0 bridgehead atoms. The second kappa shape index (κ2) is 16.2. The van der Waals surface area contributed by atoms with Crippen LogP contribution < -0.4 is 25.0 Å². The lowest BCUT2D eigenvalue weighted by molar-refractivity contribution is 0.0636. The largest absolute Gasteiger partial charge is 0.489 e. The van der Waals surface area contributed by atoms with Crippen molar-refractivity contribution in [2.75, 3.05) is 56.7 Å². The molecule has 2 saturated heterocycles. The SMILES string of the molecule is CNC(=O)OCCCN1c2nc(OC[C@@]34CCCN3C[C@H](F)C4)nc3c(F)c(-c4ccc(F)c5sc(NC(=O)OC(C)(C)C)c(C#N)c45)c(Cl)c(c23)OCC1CC#N. The first kappa shape index (κ1) is 40.9. The molecule has 14 nitrogen and oxygen atoms in total. The highest BCUT2D eigenvalue weighted by molar-refractivity contribution is 7.23. The predicted molar refractivity (Wildman–Crippen MR) is 210 cm³/mol. The van der Waals surface area contributed by atoms with Crippen LogP contribution in [-0.4, -0.2) is 96.9 Å². The van der Waals surface area contributed by atoms with E-state index in [1.807, 2.05) is 6.07 Å². The van der Waals surface area contributed by atoms with Gasteiger partial charge >= 0.3 is 18.2 Å². The van der Waals surface area contributed by atoms with E-state index in [1.54, 1.807) is 25.7 Å². The van der Waals surface area contributed by atoms with Gasteiger partial charge in [-0.05, 0) is 58.2 Å². The Morgan fingerprint density at radius 3 is 2.71 bits per heavy atom. The van der Waals surface area contributed by atoms with E-state index in [2.05, 4.69) is 26.6 Å². The van der Waals surface area contributed by atoms with E-state index in [0.717, 1.165) is 23.8 Å². The first-order valence-electron chi connectivity index (χ1n) is 18.7. The summed E-state index contributed by atoms with van der Waals surface area (Å²) in [5, 5.41) is 24.9. The van der Waals surface area contributed by atoms with E-state index in [1.165, 1.54) is 13.1 Å². The molecule has 5 heterocycles. The highest BCUT2D eigenvalue weighted by atomic mass is 35.5. The molecule has 3 aliphatic rings. The number of nitrogens with one attached hydrogen (secondary N) is 2. The summed E-state index contributed by atoms with van der Waals surface area (Å²) in [5.41, 5.74) is -2.18. The molecule has 58 heavy (non-hydrogen) atoms. The molecule has 0 saturated carbocycles. The summed E-state index contributed by atoms with van der Waals surface area (Å²) < 4.78 is 70.9. The number of fused-ring (bicyclic) bond motifs is 2. The summed E-state index contributed by atoms with van der Waals surface area (Å²) in [5.74, 6) is -1.60. The van der Waals surface area contributed by atoms with Crippen LogP contribution in [-0.2, 0) is 9.47 Å². The number of halogens is 4. The maximum atomic E-state index is 17.6. The van der Waals surface area contributed by atoms with Crippen molar-refractivity contribution in [3.05, 3.63) is 34.4 Å². The molecule has 3 aliphatic heterocycles. The first-order chi connectivity index (χ1) is 27.7. The van der Waals surface area contributed by atoms with Gasteiger partial charge in [0, 0.05) is 37.5 Å². The molecular weight excluding hydrogens is 801 g/mol. The molecule has 3 atom stereocenters. The molecule has 2 aromatic heterocycles. The van der Waals surface area contributed by atoms with Gasteiger partial charge in [0.2, 0.25) is 0 Å². The smallest absolute Gasteiger partial charge is 0.412 e. The standard InChI is InChI=1S/C39H40ClF3N8O6S/c1-38(2,3)57-37(53)49-34-23(16-45)25-22(7-8-24(42)32(25)58-34)26-28(40)31-27-30(29(26)43)47-35(56-19-39-10-5-12-50(39)17-20(41)15-39)48-33(27)51(21(9-11-44)18-55-31)13-6-14-54-36(52)46-4/h7-8,20-21H,5-6,9-10,12-15,17-19H2,1-4H3,(H,46,52)(H,49,53)/t20-,21?,39+/m1/s1. The van der Waals surface area contributed by atoms with Crippen molar-refractivity contribution in [2.24, 2.45) is 0 Å². The first-order valence-corrected chi connectivity index (χ1v) is 19.9. The lowest BCUT2D eigenvalue weighted by Crippen LogP contribution is -2.43. The van der Waals surface area contributed by atoms with Crippen LogP contribution in [0.25, 0.3) is 32.1 Å². The molecule has 2 aromatic carbocycles. The summed E-state index contributed by atoms with van der Waals surface area (Å²) in [6.07, 6.45) is -0.517. The number of rotatable bonds is 10. The highest BCUT2D eigenvalue weighted by Gasteiger charge is 2.49. The Kier molecular flexibility index (Phi) is 11.4. The number of nitrogens with zero attached hydrogens (tertiary/aromatic N) is 6. The topological polar surface area (TPSA) is 175 Å². The highest BCUT2D eigenvalue weighted by Crippen LogP contribution is 2.51. The van der Waals surface area contributed by atoms with Gasteiger partial charge < -0.3 is 29.2 Å². The van der Waals surface area contributed by atoms with Crippen molar-refractivity contribution in [3.63, 3.8) is 0 Å². The average molecular weight is 841 g/mol. The number of amides is 2. The normalized spacial score (nSPS) is 20.2. The Hall–Kier alpha value is -5.30. The van der Waals surface area contributed by atoms with Gasteiger partial charge in [-0.2, -0.15) is 20.5 Å². The second-order valence-electron chi connectivity index (χ2n) is 15.4. The molecule has 0 aliphatic carbocycles. The zero-order chi connectivity index (χ0) is 41.5. The van der Waals surface area contributed by atoms with Crippen LogP contribution in [0.1, 0.15) is 58.4 Å². The number of hydrogen-bond acceptors (Lipinski definition) is 13. The summed E-state index contributed by atoms with van der Waals surface area (Å²) in [6, 6.07) is 5.68. The van der Waals surface area contributed by atoms with Crippen molar-refractivity contribution < 1.29 is 41.7 Å². The van der Waals surface area contributed by atoms with E-state index < -0.39 is 47.2 Å². The van der Waals surface area contributed by atoms with Crippen LogP contribution in [0.15, 0.2) is 12.1 Å². The quantitative estimate of drug-likeness (QED) is 0.148. The third kappa shape index (κ3) is 7.68. The van der Waals surface area contributed by atoms with Gasteiger partial charge in [-0.25, -0.2) is 22.8 Å². The molecule has 306 valence electrons. The van der Waals surface area contributed by atoms with Gasteiger partial charge in [-0.15, -0.1) is 11.3 Å². The van der Waals surface area contributed by atoms with Crippen LogP contribution in [0, 0.1) is 34.3 Å². The Labute approximate surface area is 340 Å². The minimum Gasteiger partial charge on any atom is -0.489 e. The summed E-state index contributed by atoms with van der Waals surface area (Å²) in [7, 11) is 1.43. The zero-order valence-corrected chi connectivity index (χ0v) is 33.7. The minimum atomic E-state index is -1.03. The van der Waals surface area contributed by atoms with E-state index in [9.17, 15) is 24.5 Å². The molecule has 1 unspecified atom stereocenters. The van der Waals surface area contributed by atoms with Crippen LogP contribution >= 0.6 is 22.9 Å². The van der Waals surface area contributed by atoms with E-state index in [0.29, 0.717) is 13.0 Å². The predicted octanol–water partition coefficient (Wildman–Crippen LogP) is 7.84. The van der Waals surface area contributed by atoms with Gasteiger partial charge in [0.25, 0.3) is 0 Å². The van der Waals surface area contributed by atoms with Crippen molar-refractivity contribution in [1.82, 2.24) is 20.2 Å². The number of anilines is 2. The number of carbonyl (C=O) groups excluding carboxylic acids is 2. The monoisotopic (exact) mass is 840 g/mol. The van der Waals surface area contributed by atoms with Crippen LogP contribution in [0.2, 0.25) is 5.02 Å². The fourth-order valence-corrected chi connectivity index (χ4v) is 9.38. The van der Waals surface area contributed by atoms with Crippen molar-refractivity contribution >= 4 is 66.9 Å². The Bertz CT molecular complexity index is 2380. The summed E-state index contributed by atoms with van der Waals surface area (Å²) in [4.78, 5) is 37.7. The Balaban J connectivity index is 1.41. The van der Waals surface area contributed by atoms with Crippen LogP contribution in [0.4, 0.5) is 33.6 Å². The molecule has 2 amide bonds. The van der Waals surface area contributed by atoms with E-state index in [4.69, 9.17) is 35.5 Å². The van der Waals surface area contributed by atoms with Gasteiger partial charge in [0.05, 0.1) is 51.3 Å². The fraction of sp³-hybridized carbons (Fsp3) is 0.487. The van der Waals surface area contributed by atoms with Gasteiger partial charge in [-0.1, -0.05) is 17.7 Å².